The Hall–Kier alpha value is -3.94. The second-order valence-electron chi connectivity index (χ2n) is 6.14. The van der Waals surface area contributed by atoms with Crippen LogP contribution in [0.3, 0.4) is 0 Å². The number of rotatable bonds is 6. The molecule has 29 heavy (non-hydrogen) atoms. The molecule has 0 radical (unpaired) electrons. The number of carbonyl (C=O) groups excluding carboxylic acids is 1. The van der Waals surface area contributed by atoms with E-state index < -0.39 is 0 Å². The smallest absolute Gasteiger partial charge is 0.338 e. The number of nitrogens with zero attached hydrogens (tertiary/aromatic N) is 4. The van der Waals surface area contributed by atoms with Gasteiger partial charge in [-0.1, -0.05) is 0 Å². The van der Waals surface area contributed by atoms with Crippen LogP contribution < -0.4 is 10.1 Å². The fourth-order valence-electron chi connectivity index (χ4n) is 2.90. The molecular weight excluding hydrogens is 370 g/mol. The zero-order valence-electron chi connectivity index (χ0n) is 16.0. The van der Waals surface area contributed by atoms with Crippen molar-refractivity contribution >= 4 is 28.5 Å². The summed E-state index contributed by atoms with van der Waals surface area (Å²) < 4.78 is 11.9. The standard InChI is InChI=1S/C21H19N5O3/c1-3-29-21(27)14-4-6-15(7-5-14)25-19-18-12-24-26(20(18)23-13-22-19)16-8-10-17(28-2)11-9-16/h4-13H,3H2,1-2H3,(H,22,23,25). The van der Waals surface area contributed by atoms with Gasteiger partial charge in [0.05, 0.1) is 36.6 Å². The molecule has 0 aliphatic carbocycles. The molecule has 8 heteroatoms. The zero-order chi connectivity index (χ0) is 20.2. The Labute approximate surface area is 167 Å². The van der Waals surface area contributed by atoms with E-state index in [0.717, 1.165) is 22.5 Å². The average molecular weight is 389 g/mol. The highest BCUT2D eigenvalue weighted by Crippen LogP contribution is 2.25. The van der Waals surface area contributed by atoms with Crippen molar-refractivity contribution in [3.05, 3.63) is 66.6 Å². The summed E-state index contributed by atoms with van der Waals surface area (Å²) in [5.41, 5.74) is 2.83. The number of hydrogen-bond acceptors (Lipinski definition) is 7. The first-order valence-electron chi connectivity index (χ1n) is 9.07. The van der Waals surface area contributed by atoms with Crippen LogP contribution in [0.1, 0.15) is 17.3 Å². The number of anilines is 2. The van der Waals surface area contributed by atoms with Gasteiger partial charge >= 0.3 is 5.97 Å². The number of benzene rings is 2. The highest BCUT2D eigenvalue weighted by Gasteiger charge is 2.12. The van der Waals surface area contributed by atoms with E-state index in [0.29, 0.717) is 23.6 Å². The predicted octanol–water partition coefficient (Wildman–Crippen LogP) is 3.74. The van der Waals surface area contributed by atoms with Gasteiger partial charge in [0, 0.05) is 5.69 Å². The topological polar surface area (TPSA) is 91.2 Å². The van der Waals surface area contributed by atoms with E-state index >= 15 is 0 Å². The molecule has 0 spiro atoms. The minimum atomic E-state index is -0.343. The van der Waals surface area contributed by atoms with Gasteiger partial charge in [-0.3, -0.25) is 0 Å². The van der Waals surface area contributed by atoms with Gasteiger partial charge in [-0.25, -0.2) is 19.4 Å². The molecule has 8 nitrogen and oxygen atoms in total. The molecule has 0 aliphatic heterocycles. The van der Waals surface area contributed by atoms with Crippen molar-refractivity contribution in [2.45, 2.75) is 6.92 Å². The largest absolute Gasteiger partial charge is 0.497 e. The van der Waals surface area contributed by atoms with E-state index in [9.17, 15) is 4.79 Å². The number of hydrogen-bond donors (Lipinski definition) is 1. The van der Waals surface area contributed by atoms with Gasteiger partial charge < -0.3 is 14.8 Å². The predicted molar refractivity (Wildman–Crippen MR) is 109 cm³/mol. The first kappa shape index (κ1) is 18.4. The normalized spacial score (nSPS) is 10.7. The van der Waals surface area contributed by atoms with Crippen molar-refractivity contribution in [3.63, 3.8) is 0 Å². The molecule has 0 saturated carbocycles. The Kier molecular flexibility index (Phi) is 5.07. The molecule has 146 valence electrons. The van der Waals surface area contributed by atoms with Crippen LogP contribution >= 0.6 is 0 Å². The molecule has 0 atom stereocenters. The SMILES string of the molecule is CCOC(=O)c1ccc(Nc2ncnc3c2cnn3-c2ccc(OC)cc2)cc1. The van der Waals surface area contributed by atoms with Crippen LogP contribution in [0.25, 0.3) is 16.7 Å². The summed E-state index contributed by atoms with van der Waals surface area (Å²) in [4.78, 5) is 20.5. The van der Waals surface area contributed by atoms with Crippen LogP contribution in [0, 0.1) is 0 Å². The maximum absolute atomic E-state index is 11.8. The van der Waals surface area contributed by atoms with Gasteiger partial charge in [0.15, 0.2) is 5.65 Å². The van der Waals surface area contributed by atoms with E-state index in [1.165, 1.54) is 6.33 Å². The fraction of sp³-hybridized carbons (Fsp3) is 0.143. The van der Waals surface area contributed by atoms with Crippen LogP contribution in [0.4, 0.5) is 11.5 Å². The molecular formula is C21H19N5O3. The zero-order valence-corrected chi connectivity index (χ0v) is 16.0. The van der Waals surface area contributed by atoms with E-state index in [-0.39, 0.29) is 5.97 Å². The molecule has 2 heterocycles. The molecule has 0 amide bonds. The van der Waals surface area contributed by atoms with E-state index in [1.54, 1.807) is 49.2 Å². The number of ether oxygens (including phenoxy) is 2. The Morgan fingerprint density at radius 3 is 2.52 bits per heavy atom. The lowest BCUT2D eigenvalue weighted by atomic mass is 10.2. The summed E-state index contributed by atoms with van der Waals surface area (Å²) in [6.45, 7) is 2.12. The van der Waals surface area contributed by atoms with Gasteiger partial charge in [-0.2, -0.15) is 5.10 Å². The Morgan fingerprint density at radius 1 is 1.07 bits per heavy atom. The molecule has 4 rings (SSSR count). The minimum Gasteiger partial charge on any atom is -0.497 e. The lowest BCUT2D eigenvalue weighted by molar-refractivity contribution is 0.0526. The first-order chi connectivity index (χ1) is 14.2. The fourth-order valence-corrected chi connectivity index (χ4v) is 2.90. The number of fused-ring (bicyclic) bond motifs is 1. The second-order valence-corrected chi connectivity index (χ2v) is 6.14. The molecule has 0 unspecified atom stereocenters. The van der Waals surface area contributed by atoms with Crippen molar-refractivity contribution < 1.29 is 14.3 Å². The van der Waals surface area contributed by atoms with E-state index in [4.69, 9.17) is 9.47 Å². The quantitative estimate of drug-likeness (QED) is 0.502. The molecule has 2 aromatic heterocycles. The molecule has 1 N–H and O–H groups in total. The highest BCUT2D eigenvalue weighted by molar-refractivity contribution is 5.91. The molecule has 0 fully saturated rings. The molecule has 0 aliphatic rings. The summed E-state index contributed by atoms with van der Waals surface area (Å²) in [6, 6.07) is 14.6. The Bertz CT molecular complexity index is 1140. The van der Waals surface area contributed by atoms with Gasteiger partial charge in [-0.15, -0.1) is 0 Å². The lowest BCUT2D eigenvalue weighted by Crippen LogP contribution is -2.04. The third kappa shape index (κ3) is 3.73. The van der Waals surface area contributed by atoms with Crippen LogP contribution in [0.5, 0.6) is 5.75 Å². The molecule has 0 saturated heterocycles. The van der Waals surface area contributed by atoms with Crippen LogP contribution in [0.15, 0.2) is 61.1 Å². The lowest BCUT2D eigenvalue weighted by Gasteiger charge is -2.08. The number of methoxy groups -OCH3 is 1. The van der Waals surface area contributed by atoms with Crippen LogP contribution in [-0.4, -0.2) is 39.4 Å². The van der Waals surface area contributed by atoms with Crippen LogP contribution in [-0.2, 0) is 4.74 Å². The Morgan fingerprint density at radius 2 is 1.83 bits per heavy atom. The number of aromatic nitrogens is 4. The van der Waals surface area contributed by atoms with E-state index in [2.05, 4.69) is 20.4 Å². The first-order valence-corrected chi connectivity index (χ1v) is 9.07. The number of esters is 1. The van der Waals surface area contributed by atoms with Crippen molar-refractivity contribution in [2.75, 3.05) is 19.0 Å². The van der Waals surface area contributed by atoms with Gasteiger partial charge in [0.2, 0.25) is 0 Å². The summed E-state index contributed by atoms with van der Waals surface area (Å²) in [5, 5.41) is 8.48. The van der Waals surface area contributed by atoms with Crippen molar-refractivity contribution in [1.29, 1.82) is 0 Å². The third-order valence-corrected chi connectivity index (χ3v) is 4.34. The summed E-state index contributed by atoms with van der Waals surface area (Å²) in [6.07, 6.45) is 3.20. The van der Waals surface area contributed by atoms with E-state index in [1.807, 2.05) is 24.3 Å². The average Bonchev–Trinajstić information content (AvgIpc) is 3.20. The van der Waals surface area contributed by atoms with Crippen molar-refractivity contribution in [2.24, 2.45) is 0 Å². The maximum Gasteiger partial charge on any atom is 0.338 e. The summed E-state index contributed by atoms with van der Waals surface area (Å²) in [7, 11) is 1.63. The molecule has 0 bridgehead atoms. The molecule has 2 aromatic carbocycles. The van der Waals surface area contributed by atoms with Crippen molar-refractivity contribution in [1.82, 2.24) is 19.7 Å². The summed E-state index contributed by atoms with van der Waals surface area (Å²) >= 11 is 0. The second kappa shape index (κ2) is 7.97. The number of carbonyl (C=O) groups is 1. The van der Waals surface area contributed by atoms with Crippen molar-refractivity contribution in [3.8, 4) is 11.4 Å². The van der Waals surface area contributed by atoms with Gasteiger partial charge in [-0.05, 0) is 55.5 Å². The Balaban J connectivity index is 1.62. The molecule has 4 aromatic rings. The summed E-state index contributed by atoms with van der Waals surface area (Å²) in [5.74, 6) is 1.05. The van der Waals surface area contributed by atoms with Gasteiger partial charge in [0.1, 0.15) is 17.9 Å². The minimum absolute atomic E-state index is 0.343. The maximum atomic E-state index is 11.8. The monoisotopic (exact) mass is 389 g/mol. The van der Waals surface area contributed by atoms with Crippen LogP contribution in [0.2, 0.25) is 0 Å². The highest BCUT2D eigenvalue weighted by atomic mass is 16.5. The third-order valence-electron chi connectivity index (χ3n) is 4.34. The number of nitrogens with one attached hydrogen (secondary N) is 1. The van der Waals surface area contributed by atoms with Gasteiger partial charge in [0.25, 0.3) is 0 Å².